The summed E-state index contributed by atoms with van der Waals surface area (Å²) in [5.41, 5.74) is 3.12. The lowest BCUT2D eigenvalue weighted by Gasteiger charge is -2.27. The second-order valence-electron chi connectivity index (χ2n) is 9.00. The van der Waals surface area contributed by atoms with Crippen LogP contribution < -0.4 is 20.3 Å². The van der Waals surface area contributed by atoms with Crippen LogP contribution in [-0.4, -0.2) is 23.7 Å². The Balaban J connectivity index is 1.99. The van der Waals surface area contributed by atoms with Gasteiger partial charge >= 0.3 is 0 Å². The van der Waals surface area contributed by atoms with Crippen molar-refractivity contribution in [2.24, 2.45) is 5.92 Å². The predicted molar refractivity (Wildman–Crippen MR) is 127 cm³/mol. The molecule has 1 heterocycles. The smallest absolute Gasteiger partial charge is 0.230 e. The van der Waals surface area contributed by atoms with E-state index in [2.05, 4.69) is 10.6 Å². The summed E-state index contributed by atoms with van der Waals surface area (Å²) in [4.78, 5) is 14.9. The van der Waals surface area contributed by atoms with Crippen LogP contribution in [0.1, 0.15) is 45.2 Å². The number of hydrogen-bond donors (Lipinski definition) is 2. The van der Waals surface area contributed by atoms with Gasteiger partial charge in [-0.2, -0.15) is 0 Å². The first-order valence-electron chi connectivity index (χ1n) is 10.4. The lowest BCUT2D eigenvalue weighted by atomic mass is 10.0. The first-order valence-corrected chi connectivity index (χ1v) is 10.8. The number of carbonyl (C=O) groups excluding carboxylic acids is 1. The zero-order chi connectivity index (χ0) is 22.8. The van der Waals surface area contributed by atoms with E-state index in [9.17, 15) is 9.18 Å². The maximum atomic E-state index is 13.7. The van der Waals surface area contributed by atoms with Gasteiger partial charge in [-0.3, -0.25) is 4.79 Å². The molecule has 1 atom stereocenters. The molecule has 0 spiro atoms. The summed E-state index contributed by atoms with van der Waals surface area (Å²) in [6.07, 6.45) is 1.49. The van der Waals surface area contributed by atoms with E-state index in [0.717, 1.165) is 35.3 Å². The van der Waals surface area contributed by atoms with E-state index in [-0.39, 0.29) is 23.2 Å². The van der Waals surface area contributed by atoms with Crippen LogP contribution in [0.2, 0.25) is 0 Å². The molecule has 166 valence electrons. The van der Waals surface area contributed by atoms with Crippen LogP contribution in [0, 0.1) is 11.7 Å². The number of fused-ring (bicyclic) bond motifs is 1. The molecule has 2 N–H and O–H groups in total. The van der Waals surface area contributed by atoms with Gasteiger partial charge in [0.15, 0.2) is 5.11 Å². The summed E-state index contributed by atoms with van der Waals surface area (Å²) < 4.78 is 19.3. The number of anilines is 2. The topological polar surface area (TPSA) is 53.6 Å². The van der Waals surface area contributed by atoms with Crippen molar-refractivity contribution in [3.63, 3.8) is 0 Å². The number of aryl methyl sites for hydroxylation is 1. The molecule has 1 unspecified atom stereocenters. The van der Waals surface area contributed by atoms with Crippen molar-refractivity contribution in [1.29, 1.82) is 0 Å². The molecular weight excluding hydrogens is 413 g/mol. The molecule has 0 saturated carbocycles. The molecular formula is C24H30FN3O2S. The molecule has 1 aliphatic rings. The molecule has 1 aliphatic heterocycles. The SMILES string of the molecule is COc1cc2c(cc1NC(=S)NC(C)(C)C)CCC(C)C(=O)N2Cc1cccc(F)c1. The molecule has 2 aromatic carbocycles. The third-order valence-electron chi connectivity index (χ3n) is 5.19. The highest BCUT2D eigenvalue weighted by Gasteiger charge is 2.29. The number of halogens is 1. The summed E-state index contributed by atoms with van der Waals surface area (Å²) in [7, 11) is 1.59. The van der Waals surface area contributed by atoms with Gasteiger partial charge in [0.05, 0.1) is 25.0 Å². The number of carbonyl (C=O) groups is 1. The van der Waals surface area contributed by atoms with Crippen molar-refractivity contribution in [3.05, 3.63) is 53.3 Å². The van der Waals surface area contributed by atoms with Gasteiger partial charge in [0.1, 0.15) is 11.6 Å². The normalized spacial score (nSPS) is 16.4. The van der Waals surface area contributed by atoms with Gasteiger partial charge in [-0.25, -0.2) is 4.39 Å². The molecule has 0 aliphatic carbocycles. The van der Waals surface area contributed by atoms with Crippen LogP contribution in [0.5, 0.6) is 5.75 Å². The molecule has 31 heavy (non-hydrogen) atoms. The highest BCUT2D eigenvalue weighted by atomic mass is 32.1. The summed E-state index contributed by atoms with van der Waals surface area (Å²) in [6.45, 7) is 8.34. The molecule has 0 radical (unpaired) electrons. The summed E-state index contributed by atoms with van der Waals surface area (Å²) in [5, 5.41) is 6.96. The van der Waals surface area contributed by atoms with Crippen molar-refractivity contribution < 1.29 is 13.9 Å². The van der Waals surface area contributed by atoms with E-state index in [0.29, 0.717) is 17.4 Å². The Morgan fingerprint density at radius 2 is 2.03 bits per heavy atom. The monoisotopic (exact) mass is 443 g/mol. The Labute approximate surface area is 189 Å². The van der Waals surface area contributed by atoms with E-state index in [1.165, 1.54) is 12.1 Å². The van der Waals surface area contributed by atoms with Crippen LogP contribution in [0.15, 0.2) is 36.4 Å². The zero-order valence-corrected chi connectivity index (χ0v) is 19.5. The van der Waals surface area contributed by atoms with E-state index in [4.69, 9.17) is 17.0 Å². The molecule has 3 rings (SSSR count). The van der Waals surface area contributed by atoms with Gasteiger partial charge in [0.2, 0.25) is 5.91 Å². The van der Waals surface area contributed by atoms with E-state index >= 15 is 0 Å². The van der Waals surface area contributed by atoms with Crippen LogP contribution in [-0.2, 0) is 17.8 Å². The second-order valence-corrected chi connectivity index (χ2v) is 9.41. The number of nitrogens with one attached hydrogen (secondary N) is 2. The van der Waals surface area contributed by atoms with Gasteiger partial charge in [-0.05, 0) is 75.2 Å². The molecule has 0 saturated heterocycles. The molecule has 0 aromatic heterocycles. The van der Waals surface area contributed by atoms with E-state index in [1.807, 2.05) is 45.9 Å². The summed E-state index contributed by atoms with van der Waals surface area (Å²) in [5.74, 6) is 0.163. The molecule has 2 aromatic rings. The maximum Gasteiger partial charge on any atom is 0.230 e. The average molecular weight is 444 g/mol. The molecule has 1 amide bonds. The Kier molecular flexibility index (Phi) is 6.84. The van der Waals surface area contributed by atoms with Gasteiger partial charge in [0, 0.05) is 17.5 Å². The molecule has 5 nitrogen and oxygen atoms in total. The number of nitrogens with zero attached hydrogens (tertiary/aromatic N) is 1. The number of thiocarbonyl (C=S) groups is 1. The Morgan fingerprint density at radius 3 is 2.68 bits per heavy atom. The Bertz CT molecular complexity index is 987. The third-order valence-corrected chi connectivity index (χ3v) is 5.40. The van der Waals surface area contributed by atoms with Crippen LogP contribution >= 0.6 is 12.2 Å². The van der Waals surface area contributed by atoms with Crippen LogP contribution in [0.3, 0.4) is 0 Å². The second kappa shape index (κ2) is 9.22. The quantitative estimate of drug-likeness (QED) is 0.649. The largest absolute Gasteiger partial charge is 0.494 e. The average Bonchev–Trinajstić information content (AvgIpc) is 2.78. The van der Waals surface area contributed by atoms with Gasteiger partial charge in [-0.15, -0.1) is 0 Å². The minimum absolute atomic E-state index is 0.0238. The zero-order valence-electron chi connectivity index (χ0n) is 18.7. The predicted octanol–water partition coefficient (Wildman–Crippen LogP) is 5.03. The Hall–Kier alpha value is -2.67. The first kappa shape index (κ1) is 23.0. The van der Waals surface area contributed by atoms with E-state index in [1.54, 1.807) is 18.1 Å². The van der Waals surface area contributed by atoms with Gasteiger partial charge in [-0.1, -0.05) is 19.1 Å². The molecule has 7 heteroatoms. The van der Waals surface area contributed by atoms with Crippen molar-refractivity contribution in [1.82, 2.24) is 5.32 Å². The van der Waals surface area contributed by atoms with Crippen LogP contribution in [0.25, 0.3) is 0 Å². The molecule has 0 bridgehead atoms. The number of rotatable bonds is 4. The fourth-order valence-corrected chi connectivity index (χ4v) is 4.10. The van der Waals surface area contributed by atoms with Crippen molar-refractivity contribution in [3.8, 4) is 5.75 Å². The number of methoxy groups -OCH3 is 1. The standard InChI is InChI=1S/C24H30FN3O2S/c1-15-9-10-17-12-19(26-23(31)27-24(2,3)4)21(30-5)13-20(17)28(22(15)29)14-16-7-6-8-18(25)11-16/h6-8,11-13,15H,9-10,14H2,1-5H3,(H2,26,27,31). The number of hydrogen-bond acceptors (Lipinski definition) is 3. The highest BCUT2D eigenvalue weighted by Crippen LogP contribution is 2.38. The number of ether oxygens (including phenoxy) is 1. The van der Waals surface area contributed by atoms with Crippen molar-refractivity contribution in [2.45, 2.75) is 52.6 Å². The van der Waals surface area contributed by atoms with Gasteiger partial charge < -0.3 is 20.3 Å². The minimum Gasteiger partial charge on any atom is -0.494 e. The maximum absolute atomic E-state index is 13.7. The summed E-state index contributed by atoms with van der Waals surface area (Å²) >= 11 is 5.45. The fourth-order valence-electron chi connectivity index (χ4n) is 3.69. The highest BCUT2D eigenvalue weighted by molar-refractivity contribution is 7.80. The molecule has 0 fully saturated rings. The number of amides is 1. The van der Waals surface area contributed by atoms with E-state index < -0.39 is 0 Å². The van der Waals surface area contributed by atoms with Crippen LogP contribution in [0.4, 0.5) is 15.8 Å². The first-order chi connectivity index (χ1) is 14.6. The summed E-state index contributed by atoms with van der Waals surface area (Å²) in [6, 6.07) is 10.2. The van der Waals surface area contributed by atoms with Gasteiger partial charge in [0.25, 0.3) is 0 Å². The Morgan fingerprint density at radius 1 is 1.29 bits per heavy atom. The minimum atomic E-state index is -0.315. The number of benzene rings is 2. The lowest BCUT2D eigenvalue weighted by molar-refractivity contribution is -0.122. The third kappa shape index (κ3) is 5.73. The lowest BCUT2D eigenvalue weighted by Crippen LogP contribution is -2.43. The van der Waals surface area contributed by atoms with Crippen molar-refractivity contribution in [2.75, 3.05) is 17.3 Å². The fraction of sp³-hybridized carbons (Fsp3) is 0.417. The van der Waals surface area contributed by atoms with Crippen molar-refractivity contribution >= 4 is 34.6 Å².